The van der Waals surface area contributed by atoms with Crippen molar-refractivity contribution in [3.8, 4) is 0 Å². The van der Waals surface area contributed by atoms with Gasteiger partial charge in [0.05, 0.1) is 32.0 Å². The van der Waals surface area contributed by atoms with E-state index in [9.17, 15) is 13.2 Å². The number of hydrogen-bond acceptors (Lipinski definition) is 3. The summed E-state index contributed by atoms with van der Waals surface area (Å²) in [5, 5.41) is 3.82. The topological polar surface area (TPSA) is 37.8 Å². The van der Waals surface area contributed by atoms with Crippen LogP contribution in [0, 0.1) is 0 Å². The van der Waals surface area contributed by atoms with E-state index in [1.165, 1.54) is 12.4 Å². The van der Waals surface area contributed by atoms with Crippen molar-refractivity contribution in [2.45, 2.75) is 12.6 Å². The predicted molar refractivity (Wildman–Crippen MR) is 101 cm³/mol. The molecule has 0 bridgehead atoms. The van der Waals surface area contributed by atoms with Gasteiger partial charge in [-0.25, -0.2) is 9.97 Å². The molecule has 0 unspecified atom stereocenters. The molecule has 2 aromatic carbocycles. The third-order valence-corrected chi connectivity index (χ3v) is 4.72. The van der Waals surface area contributed by atoms with Crippen molar-refractivity contribution in [3.05, 3.63) is 80.7 Å². The van der Waals surface area contributed by atoms with Crippen LogP contribution >= 0.6 is 34.8 Å². The Kier molecular flexibility index (Phi) is 5.79. The summed E-state index contributed by atoms with van der Waals surface area (Å²) in [4.78, 5) is 8.20. The first-order valence-corrected chi connectivity index (χ1v) is 8.74. The summed E-state index contributed by atoms with van der Waals surface area (Å²) in [6, 6.07) is 9.88. The van der Waals surface area contributed by atoms with Gasteiger partial charge in [0.2, 0.25) is 0 Å². The van der Waals surface area contributed by atoms with E-state index < -0.39 is 11.7 Å². The normalized spacial score (nSPS) is 11.5. The van der Waals surface area contributed by atoms with E-state index in [4.69, 9.17) is 34.8 Å². The van der Waals surface area contributed by atoms with Crippen LogP contribution in [-0.4, -0.2) is 9.97 Å². The molecule has 0 aliphatic rings. The molecule has 0 aliphatic heterocycles. The van der Waals surface area contributed by atoms with Crippen LogP contribution in [0.3, 0.4) is 0 Å². The molecule has 3 nitrogen and oxygen atoms in total. The van der Waals surface area contributed by atoms with Crippen molar-refractivity contribution in [3.63, 3.8) is 0 Å². The quantitative estimate of drug-likeness (QED) is 0.493. The molecule has 9 heteroatoms. The van der Waals surface area contributed by atoms with Crippen LogP contribution in [0.2, 0.25) is 15.1 Å². The number of halogens is 6. The molecule has 3 rings (SSSR count). The maximum atomic E-state index is 12.9. The van der Waals surface area contributed by atoms with E-state index in [1.54, 1.807) is 18.2 Å². The summed E-state index contributed by atoms with van der Waals surface area (Å²) in [5.41, 5.74) is 0.824. The van der Waals surface area contributed by atoms with Gasteiger partial charge in [0.25, 0.3) is 0 Å². The van der Waals surface area contributed by atoms with Crippen LogP contribution in [0.1, 0.15) is 16.8 Å². The molecule has 1 heterocycles. The summed E-state index contributed by atoms with van der Waals surface area (Å²) in [6.45, 7) is 0. The fourth-order valence-corrected chi connectivity index (χ4v) is 2.84. The summed E-state index contributed by atoms with van der Waals surface area (Å²) in [7, 11) is 0. The zero-order valence-corrected chi connectivity index (χ0v) is 15.8. The van der Waals surface area contributed by atoms with Gasteiger partial charge in [-0.1, -0.05) is 40.9 Å². The number of rotatable bonds is 4. The molecular weight excluding hydrogens is 422 g/mol. The molecule has 0 saturated carbocycles. The number of hydrogen-bond donors (Lipinski definition) is 1. The standard InChI is InChI=1S/C18H11Cl3F3N3/c19-13-3-1-10(6-15(13)21)5-12-8-17(26-9-25-12)27-16-7-11(18(22,23)24)2-4-14(16)20/h1-4,6-9H,5H2,(H,25,26,27). The SMILES string of the molecule is FC(F)(F)c1ccc(Cl)c(Nc2cc(Cc3ccc(Cl)c(Cl)c3)ncn2)c1. The highest BCUT2D eigenvalue weighted by atomic mass is 35.5. The number of nitrogens with zero attached hydrogens (tertiary/aromatic N) is 2. The largest absolute Gasteiger partial charge is 0.416 e. The Bertz CT molecular complexity index is 978. The minimum Gasteiger partial charge on any atom is -0.339 e. The zero-order chi connectivity index (χ0) is 19.6. The molecule has 0 aliphatic carbocycles. The first-order chi connectivity index (χ1) is 12.7. The highest BCUT2D eigenvalue weighted by Crippen LogP contribution is 2.34. The average molecular weight is 433 g/mol. The Labute approximate surface area is 168 Å². The molecule has 0 amide bonds. The summed E-state index contributed by atoms with van der Waals surface area (Å²) in [5.74, 6) is 0.321. The maximum absolute atomic E-state index is 12.9. The highest BCUT2D eigenvalue weighted by molar-refractivity contribution is 6.42. The van der Waals surface area contributed by atoms with E-state index in [0.29, 0.717) is 28.0 Å². The van der Waals surface area contributed by atoms with Gasteiger partial charge in [0.1, 0.15) is 12.1 Å². The first-order valence-electron chi connectivity index (χ1n) is 7.61. The van der Waals surface area contributed by atoms with Crippen LogP contribution in [0.25, 0.3) is 0 Å². The molecular formula is C18H11Cl3F3N3. The van der Waals surface area contributed by atoms with E-state index in [-0.39, 0.29) is 10.7 Å². The minimum absolute atomic E-state index is 0.102. The Hall–Kier alpha value is -2.02. The lowest BCUT2D eigenvalue weighted by molar-refractivity contribution is -0.137. The predicted octanol–water partition coefficient (Wildman–Crippen LogP) is 6.79. The van der Waals surface area contributed by atoms with Crippen molar-refractivity contribution in [2.24, 2.45) is 0 Å². The van der Waals surface area contributed by atoms with Gasteiger partial charge < -0.3 is 5.32 Å². The van der Waals surface area contributed by atoms with Crippen molar-refractivity contribution in [2.75, 3.05) is 5.32 Å². The number of benzene rings is 2. The van der Waals surface area contributed by atoms with Gasteiger partial charge in [-0.2, -0.15) is 13.2 Å². The molecule has 0 saturated heterocycles. The first kappa shape index (κ1) is 19.7. The van der Waals surface area contributed by atoms with E-state index >= 15 is 0 Å². The second kappa shape index (κ2) is 7.92. The van der Waals surface area contributed by atoms with E-state index in [1.807, 2.05) is 6.07 Å². The molecule has 0 fully saturated rings. The van der Waals surface area contributed by atoms with Crippen LogP contribution < -0.4 is 5.32 Å². The number of aromatic nitrogens is 2. The number of nitrogens with one attached hydrogen (secondary N) is 1. The third-order valence-electron chi connectivity index (χ3n) is 3.65. The van der Waals surface area contributed by atoms with Crippen LogP contribution in [0.15, 0.2) is 48.8 Å². The monoisotopic (exact) mass is 431 g/mol. The summed E-state index contributed by atoms with van der Waals surface area (Å²) in [6.07, 6.45) is -2.70. The zero-order valence-electron chi connectivity index (χ0n) is 13.5. The summed E-state index contributed by atoms with van der Waals surface area (Å²) < 4.78 is 38.7. The van der Waals surface area contributed by atoms with Gasteiger partial charge in [-0.15, -0.1) is 0 Å². The van der Waals surface area contributed by atoms with Crippen molar-refractivity contribution in [1.29, 1.82) is 0 Å². The number of alkyl halides is 3. The summed E-state index contributed by atoms with van der Waals surface area (Å²) >= 11 is 17.9. The molecule has 27 heavy (non-hydrogen) atoms. The number of anilines is 2. The Morgan fingerprint density at radius 2 is 1.59 bits per heavy atom. The minimum atomic E-state index is -4.47. The molecule has 0 radical (unpaired) electrons. The van der Waals surface area contributed by atoms with Crippen molar-refractivity contribution in [1.82, 2.24) is 9.97 Å². The van der Waals surface area contributed by atoms with Gasteiger partial charge in [0, 0.05) is 12.5 Å². The van der Waals surface area contributed by atoms with Crippen LogP contribution in [0.5, 0.6) is 0 Å². The lowest BCUT2D eigenvalue weighted by Crippen LogP contribution is -2.06. The van der Waals surface area contributed by atoms with E-state index in [2.05, 4.69) is 15.3 Å². The van der Waals surface area contributed by atoms with Crippen molar-refractivity contribution < 1.29 is 13.2 Å². The Morgan fingerprint density at radius 1 is 0.852 bits per heavy atom. The van der Waals surface area contributed by atoms with Gasteiger partial charge in [-0.3, -0.25) is 0 Å². The van der Waals surface area contributed by atoms with Crippen LogP contribution in [-0.2, 0) is 12.6 Å². The highest BCUT2D eigenvalue weighted by Gasteiger charge is 2.31. The third kappa shape index (κ3) is 5.03. The maximum Gasteiger partial charge on any atom is 0.416 e. The fourth-order valence-electron chi connectivity index (χ4n) is 2.36. The molecule has 3 aromatic rings. The molecule has 0 atom stereocenters. The Morgan fingerprint density at radius 3 is 2.30 bits per heavy atom. The van der Waals surface area contributed by atoms with Crippen LogP contribution in [0.4, 0.5) is 24.7 Å². The second-order valence-corrected chi connectivity index (χ2v) is 6.86. The molecule has 1 N–H and O–H groups in total. The fraction of sp³-hybridized carbons (Fsp3) is 0.111. The van der Waals surface area contributed by atoms with Crippen molar-refractivity contribution >= 4 is 46.3 Å². The Balaban J connectivity index is 1.83. The average Bonchev–Trinajstić information content (AvgIpc) is 2.59. The van der Waals surface area contributed by atoms with Gasteiger partial charge in [-0.05, 0) is 35.9 Å². The molecule has 1 aromatic heterocycles. The molecule has 0 spiro atoms. The second-order valence-electron chi connectivity index (χ2n) is 5.64. The molecule has 140 valence electrons. The van der Waals surface area contributed by atoms with E-state index in [0.717, 1.165) is 17.7 Å². The van der Waals surface area contributed by atoms with Gasteiger partial charge in [0.15, 0.2) is 0 Å². The van der Waals surface area contributed by atoms with Gasteiger partial charge >= 0.3 is 6.18 Å². The lowest BCUT2D eigenvalue weighted by Gasteiger charge is -2.12. The smallest absolute Gasteiger partial charge is 0.339 e. The lowest BCUT2D eigenvalue weighted by atomic mass is 10.1.